The van der Waals surface area contributed by atoms with Gasteiger partial charge in [-0.3, -0.25) is 9.36 Å². The predicted molar refractivity (Wildman–Crippen MR) is 114 cm³/mol. The van der Waals surface area contributed by atoms with Crippen LogP contribution in [0.25, 0.3) is 27.9 Å². The number of nitrogens with zero attached hydrogens (tertiary/aromatic N) is 4. The van der Waals surface area contributed by atoms with Crippen molar-refractivity contribution < 1.29 is 4.79 Å². The summed E-state index contributed by atoms with van der Waals surface area (Å²) in [6, 6.07) is 19.5. The summed E-state index contributed by atoms with van der Waals surface area (Å²) < 4.78 is 3.93. The minimum atomic E-state index is -0.202. The van der Waals surface area contributed by atoms with E-state index in [2.05, 4.69) is 32.0 Å². The highest BCUT2D eigenvalue weighted by Crippen LogP contribution is 2.32. The van der Waals surface area contributed by atoms with Gasteiger partial charge in [-0.25, -0.2) is 9.97 Å². The van der Waals surface area contributed by atoms with Gasteiger partial charge in [0, 0.05) is 30.5 Å². The summed E-state index contributed by atoms with van der Waals surface area (Å²) in [6.07, 6.45) is 3.37. The van der Waals surface area contributed by atoms with Gasteiger partial charge >= 0.3 is 0 Å². The van der Waals surface area contributed by atoms with E-state index < -0.39 is 0 Å². The fourth-order valence-corrected chi connectivity index (χ4v) is 3.79. The Labute approximate surface area is 167 Å². The Bertz CT molecular complexity index is 1360. The van der Waals surface area contributed by atoms with E-state index in [0.717, 1.165) is 33.2 Å². The fourth-order valence-electron chi connectivity index (χ4n) is 3.79. The van der Waals surface area contributed by atoms with Crippen LogP contribution in [-0.2, 0) is 7.05 Å². The molecule has 0 aliphatic rings. The van der Waals surface area contributed by atoms with Crippen LogP contribution < -0.4 is 5.32 Å². The van der Waals surface area contributed by atoms with E-state index >= 15 is 0 Å². The number of rotatable bonds is 3. The number of hydrogen-bond acceptors (Lipinski definition) is 3. The van der Waals surface area contributed by atoms with Gasteiger partial charge in [0.2, 0.25) is 5.95 Å². The fraction of sp³-hybridized carbons (Fsp3) is 0.0870. The minimum absolute atomic E-state index is 0.202. The number of para-hydroxylation sites is 2. The first-order valence-electron chi connectivity index (χ1n) is 9.38. The van der Waals surface area contributed by atoms with Crippen LogP contribution in [0, 0.1) is 6.92 Å². The van der Waals surface area contributed by atoms with Crippen molar-refractivity contribution in [2.75, 3.05) is 5.32 Å². The second kappa shape index (κ2) is 6.60. The van der Waals surface area contributed by atoms with Crippen molar-refractivity contribution in [2.45, 2.75) is 6.92 Å². The summed E-state index contributed by atoms with van der Waals surface area (Å²) in [5.74, 6) is 0.265. The molecule has 0 spiro atoms. The molecule has 142 valence electrons. The second-order valence-corrected chi connectivity index (χ2v) is 6.99. The number of carbonyl (C=O) groups is 1. The van der Waals surface area contributed by atoms with Gasteiger partial charge in [-0.2, -0.15) is 0 Å². The molecule has 0 radical (unpaired) electrons. The quantitative estimate of drug-likeness (QED) is 0.501. The van der Waals surface area contributed by atoms with E-state index in [1.165, 1.54) is 0 Å². The molecule has 1 amide bonds. The first-order valence-corrected chi connectivity index (χ1v) is 9.38. The Kier molecular flexibility index (Phi) is 3.91. The molecule has 5 rings (SSSR count). The lowest BCUT2D eigenvalue weighted by Gasteiger charge is -2.11. The van der Waals surface area contributed by atoms with Crippen LogP contribution in [0.3, 0.4) is 0 Å². The van der Waals surface area contributed by atoms with Gasteiger partial charge in [-0.05, 0) is 36.8 Å². The normalized spacial score (nSPS) is 11.2. The number of carbonyl (C=O) groups excluding carboxylic acids is 1. The molecular weight excluding hydrogens is 362 g/mol. The van der Waals surface area contributed by atoms with Gasteiger partial charge in [-0.1, -0.05) is 36.4 Å². The van der Waals surface area contributed by atoms with E-state index in [1.54, 1.807) is 18.5 Å². The highest BCUT2D eigenvalue weighted by atomic mass is 16.2. The molecule has 6 nitrogen and oxygen atoms in total. The number of nitrogens with one attached hydrogen (secondary N) is 1. The molecule has 2 aromatic carbocycles. The minimum Gasteiger partial charge on any atom is -0.342 e. The number of hydrogen-bond donors (Lipinski definition) is 1. The monoisotopic (exact) mass is 381 g/mol. The molecule has 0 saturated carbocycles. The Hall–Kier alpha value is -3.93. The molecule has 5 aromatic rings. The molecule has 3 aromatic heterocycles. The third-order valence-corrected chi connectivity index (χ3v) is 5.24. The van der Waals surface area contributed by atoms with E-state index in [9.17, 15) is 4.79 Å². The zero-order chi connectivity index (χ0) is 20.0. The van der Waals surface area contributed by atoms with Crippen LogP contribution >= 0.6 is 0 Å². The third-order valence-electron chi connectivity index (χ3n) is 5.24. The lowest BCUT2D eigenvalue weighted by molar-refractivity contribution is 0.102. The topological polar surface area (TPSA) is 64.7 Å². The first-order chi connectivity index (χ1) is 14.1. The number of aryl methyl sites for hydroxylation is 2. The van der Waals surface area contributed by atoms with Crippen LogP contribution in [-0.4, -0.2) is 25.0 Å². The molecule has 0 saturated heterocycles. The van der Waals surface area contributed by atoms with Crippen molar-refractivity contribution in [2.24, 2.45) is 7.05 Å². The third kappa shape index (κ3) is 2.69. The highest BCUT2D eigenvalue weighted by molar-refractivity contribution is 6.13. The number of benzene rings is 2. The lowest BCUT2D eigenvalue weighted by atomic mass is 10.2. The maximum absolute atomic E-state index is 13.3. The molecule has 0 bridgehead atoms. The molecule has 3 heterocycles. The molecule has 0 unspecified atom stereocenters. The molecule has 0 fully saturated rings. The van der Waals surface area contributed by atoms with Crippen LogP contribution in [0.4, 0.5) is 5.69 Å². The van der Waals surface area contributed by atoms with Crippen molar-refractivity contribution >= 4 is 33.5 Å². The molecule has 6 heteroatoms. The summed E-state index contributed by atoms with van der Waals surface area (Å²) in [6.45, 7) is 1.97. The molecule has 29 heavy (non-hydrogen) atoms. The summed E-state index contributed by atoms with van der Waals surface area (Å²) in [5, 5.41) is 4.08. The SMILES string of the molecule is Cc1ccccc1NC(=O)c1cc2c(c3ccccc3n2C)n1-c1ncccn1. The Morgan fingerprint density at radius 3 is 2.45 bits per heavy atom. The van der Waals surface area contributed by atoms with Gasteiger partial charge in [0.15, 0.2) is 0 Å². The zero-order valence-electron chi connectivity index (χ0n) is 16.1. The number of aromatic nitrogens is 4. The van der Waals surface area contributed by atoms with Crippen LogP contribution in [0.2, 0.25) is 0 Å². The Balaban J connectivity index is 1.76. The summed E-state index contributed by atoms with van der Waals surface area (Å²) in [4.78, 5) is 22.1. The van der Waals surface area contributed by atoms with E-state index in [-0.39, 0.29) is 5.91 Å². The smallest absolute Gasteiger partial charge is 0.272 e. The molecule has 0 atom stereocenters. The molecule has 1 N–H and O–H groups in total. The summed E-state index contributed by atoms with van der Waals surface area (Å²) in [5.41, 5.74) is 5.25. The zero-order valence-corrected chi connectivity index (χ0v) is 16.1. The highest BCUT2D eigenvalue weighted by Gasteiger charge is 2.23. The van der Waals surface area contributed by atoms with E-state index in [1.807, 2.05) is 61.0 Å². The van der Waals surface area contributed by atoms with Gasteiger partial charge < -0.3 is 9.88 Å². The van der Waals surface area contributed by atoms with Crippen LogP contribution in [0.5, 0.6) is 0 Å². The predicted octanol–water partition coefficient (Wildman–Crippen LogP) is 4.47. The maximum Gasteiger partial charge on any atom is 0.272 e. The molecular formula is C23H19N5O. The first kappa shape index (κ1) is 17.2. The number of amides is 1. The number of anilines is 1. The Morgan fingerprint density at radius 1 is 0.931 bits per heavy atom. The number of fused-ring (bicyclic) bond motifs is 3. The Morgan fingerprint density at radius 2 is 1.66 bits per heavy atom. The standard InChI is InChI=1S/C23H19N5O/c1-15-8-3-5-10-17(15)26-22(29)20-14-19-21(28(20)23-24-12-7-13-25-23)16-9-4-6-11-18(16)27(19)2/h3-14H,1-2H3,(H,26,29). The average molecular weight is 381 g/mol. The van der Waals surface area contributed by atoms with Gasteiger partial charge in [0.1, 0.15) is 5.69 Å². The van der Waals surface area contributed by atoms with Crippen molar-refractivity contribution in [1.82, 2.24) is 19.1 Å². The molecule has 0 aliphatic heterocycles. The van der Waals surface area contributed by atoms with Crippen molar-refractivity contribution in [3.05, 3.63) is 84.3 Å². The van der Waals surface area contributed by atoms with Gasteiger partial charge in [0.05, 0.1) is 16.6 Å². The summed E-state index contributed by atoms with van der Waals surface area (Å²) >= 11 is 0. The van der Waals surface area contributed by atoms with Crippen molar-refractivity contribution in [3.8, 4) is 5.95 Å². The van der Waals surface area contributed by atoms with Crippen LogP contribution in [0.1, 0.15) is 16.1 Å². The van der Waals surface area contributed by atoms with Crippen molar-refractivity contribution in [3.63, 3.8) is 0 Å². The van der Waals surface area contributed by atoms with Crippen molar-refractivity contribution in [1.29, 1.82) is 0 Å². The lowest BCUT2D eigenvalue weighted by Crippen LogP contribution is -2.18. The van der Waals surface area contributed by atoms with Gasteiger partial charge in [0.25, 0.3) is 5.91 Å². The molecule has 0 aliphatic carbocycles. The van der Waals surface area contributed by atoms with E-state index in [4.69, 9.17) is 0 Å². The van der Waals surface area contributed by atoms with E-state index in [0.29, 0.717) is 11.6 Å². The second-order valence-electron chi connectivity index (χ2n) is 6.99. The largest absolute Gasteiger partial charge is 0.342 e. The summed E-state index contributed by atoms with van der Waals surface area (Å²) in [7, 11) is 2.00. The average Bonchev–Trinajstić information content (AvgIpc) is 3.27. The van der Waals surface area contributed by atoms with Gasteiger partial charge in [-0.15, -0.1) is 0 Å². The maximum atomic E-state index is 13.3. The van der Waals surface area contributed by atoms with Crippen LogP contribution in [0.15, 0.2) is 73.1 Å².